The second-order valence-electron chi connectivity index (χ2n) is 4.48. The Morgan fingerprint density at radius 1 is 1.56 bits per heavy atom. The summed E-state index contributed by atoms with van der Waals surface area (Å²) in [6.45, 7) is 2.38. The molecule has 2 unspecified atom stereocenters. The highest BCUT2D eigenvalue weighted by molar-refractivity contribution is 7.88. The molecular formula is C10H19NO4S. The van der Waals surface area contributed by atoms with E-state index in [-0.39, 0.29) is 18.1 Å². The Hall–Kier alpha value is -0.460. The molecule has 2 atom stereocenters. The Morgan fingerprint density at radius 2 is 2.19 bits per heavy atom. The average molecular weight is 249 g/mol. The van der Waals surface area contributed by atoms with Crippen LogP contribution in [0.5, 0.6) is 0 Å². The van der Waals surface area contributed by atoms with Gasteiger partial charge in [-0.3, -0.25) is 4.79 Å². The molecule has 0 aromatic carbocycles. The van der Waals surface area contributed by atoms with Crippen LogP contribution in [-0.4, -0.2) is 49.1 Å². The molecule has 0 amide bonds. The molecule has 1 heterocycles. The van der Waals surface area contributed by atoms with Crippen LogP contribution in [-0.2, 0) is 14.8 Å². The van der Waals surface area contributed by atoms with Crippen LogP contribution in [0.2, 0.25) is 0 Å². The van der Waals surface area contributed by atoms with E-state index >= 15 is 0 Å². The standard InChI is InChI=1S/C10H19NO4S/c1-8(12)10(13)6-9-4-3-5-11(7-9)16(2,14)15/h8-9,12H,3-7H2,1-2H3. The normalized spacial score (nSPS) is 25.3. The van der Waals surface area contributed by atoms with E-state index in [4.69, 9.17) is 5.11 Å². The number of piperidine rings is 1. The number of Topliss-reactive ketones (excluding diaryl/α,β-unsaturated/α-hetero) is 1. The third-order valence-electron chi connectivity index (χ3n) is 2.91. The molecule has 0 spiro atoms. The first-order valence-electron chi connectivity index (χ1n) is 5.46. The Kier molecular flexibility index (Phi) is 4.46. The zero-order valence-corrected chi connectivity index (χ0v) is 10.5. The molecule has 0 bridgehead atoms. The summed E-state index contributed by atoms with van der Waals surface area (Å²) >= 11 is 0. The van der Waals surface area contributed by atoms with Crippen molar-refractivity contribution in [2.75, 3.05) is 19.3 Å². The third kappa shape index (κ3) is 3.84. The summed E-state index contributed by atoms with van der Waals surface area (Å²) in [5.74, 6) is -0.161. The van der Waals surface area contributed by atoms with Crippen LogP contribution >= 0.6 is 0 Å². The van der Waals surface area contributed by atoms with Crippen molar-refractivity contribution >= 4 is 15.8 Å². The van der Waals surface area contributed by atoms with Gasteiger partial charge in [0.15, 0.2) is 5.78 Å². The predicted octanol–water partition coefficient (Wildman–Crippen LogP) is -0.00200. The molecular weight excluding hydrogens is 230 g/mol. The second kappa shape index (κ2) is 5.25. The van der Waals surface area contributed by atoms with E-state index in [0.717, 1.165) is 12.8 Å². The third-order valence-corrected chi connectivity index (χ3v) is 4.18. The lowest BCUT2D eigenvalue weighted by molar-refractivity contribution is -0.127. The SMILES string of the molecule is CC(O)C(=O)CC1CCCN(S(C)(=O)=O)C1. The van der Waals surface area contributed by atoms with Gasteiger partial charge in [-0.25, -0.2) is 12.7 Å². The van der Waals surface area contributed by atoms with Crippen molar-refractivity contribution < 1.29 is 18.3 Å². The van der Waals surface area contributed by atoms with Crippen LogP contribution in [0.1, 0.15) is 26.2 Å². The highest BCUT2D eigenvalue weighted by atomic mass is 32.2. The average Bonchev–Trinajstić information content (AvgIpc) is 2.16. The monoisotopic (exact) mass is 249 g/mol. The first-order valence-corrected chi connectivity index (χ1v) is 7.31. The zero-order valence-electron chi connectivity index (χ0n) is 9.72. The minimum atomic E-state index is -3.16. The zero-order chi connectivity index (χ0) is 12.3. The van der Waals surface area contributed by atoms with Gasteiger partial charge in [0.1, 0.15) is 6.10 Å². The summed E-state index contributed by atoms with van der Waals surface area (Å²) in [4.78, 5) is 11.3. The number of sulfonamides is 1. The molecule has 0 saturated carbocycles. The smallest absolute Gasteiger partial charge is 0.211 e. The Labute approximate surface area is 96.5 Å². The lowest BCUT2D eigenvalue weighted by Crippen LogP contribution is -2.40. The molecule has 1 aliphatic heterocycles. The molecule has 0 aromatic heterocycles. The quantitative estimate of drug-likeness (QED) is 0.761. The molecule has 0 aliphatic carbocycles. The number of aliphatic hydroxyl groups excluding tert-OH is 1. The van der Waals surface area contributed by atoms with Gasteiger partial charge in [0, 0.05) is 19.5 Å². The summed E-state index contributed by atoms with van der Waals surface area (Å²) in [5, 5.41) is 9.10. The molecule has 1 rings (SSSR count). The molecule has 94 valence electrons. The number of carbonyl (C=O) groups excluding carboxylic acids is 1. The number of hydrogen-bond acceptors (Lipinski definition) is 4. The molecule has 1 fully saturated rings. The van der Waals surface area contributed by atoms with Gasteiger partial charge in [0.2, 0.25) is 10.0 Å². The van der Waals surface area contributed by atoms with Crippen molar-refractivity contribution in [2.24, 2.45) is 5.92 Å². The van der Waals surface area contributed by atoms with Crippen molar-refractivity contribution in [3.8, 4) is 0 Å². The van der Waals surface area contributed by atoms with E-state index in [0.29, 0.717) is 13.1 Å². The van der Waals surface area contributed by atoms with E-state index in [2.05, 4.69) is 0 Å². The maximum Gasteiger partial charge on any atom is 0.211 e. The van der Waals surface area contributed by atoms with Crippen LogP contribution < -0.4 is 0 Å². The van der Waals surface area contributed by atoms with Crippen LogP contribution in [0.15, 0.2) is 0 Å². The van der Waals surface area contributed by atoms with Crippen molar-refractivity contribution in [3.05, 3.63) is 0 Å². The predicted molar refractivity (Wildman–Crippen MR) is 60.4 cm³/mol. The molecule has 6 heteroatoms. The highest BCUT2D eigenvalue weighted by Gasteiger charge is 2.27. The summed E-state index contributed by atoms with van der Waals surface area (Å²) in [6.07, 6.45) is 2.14. The summed E-state index contributed by atoms with van der Waals surface area (Å²) in [7, 11) is -3.16. The van der Waals surface area contributed by atoms with Crippen LogP contribution in [0.3, 0.4) is 0 Å². The van der Waals surface area contributed by atoms with Crippen LogP contribution in [0.25, 0.3) is 0 Å². The van der Waals surface area contributed by atoms with E-state index in [9.17, 15) is 13.2 Å². The molecule has 1 saturated heterocycles. The molecule has 0 aromatic rings. The Bertz CT molecular complexity index is 350. The fourth-order valence-electron chi connectivity index (χ4n) is 1.95. The molecule has 16 heavy (non-hydrogen) atoms. The van der Waals surface area contributed by atoms with Gasteiger partial charge in [0.25, 0.3) is 0 Å². The summed E-state index contributed by atoms with van der Waals surface area (Å²) < 4.78 is 24.1. The second-order valence-corrected chi connectivity index (χ2v) is 6.46. The number of ketones is 1. The largest absolute Gasteiger partial charge is 0.386 e. The van der Waals surface area contributed by atoms with E-state index in [1.54, 1.807) is 0 Å². The van der Waals surface area contributed by atoms with Crippen molar-refractivity contribution in [2.45, 2.75) is 32.3 Å². The minimum Gasteiger partial charge on any atom is -0.386 e. The minimum absolute atomic E-state index is 0.0468. The van der Waals surface area contributed by atoms with Gasteiger partial charge >= 0.3 is 0 Å². The molecule has 1 aliphatic rings. The number of nitrogens with zero attached hydrogens (tertiary/aromatic N) is 1. The summed E-state index contributed by atoms with van der Waals surface area (Å²) in [6, 6.07) is 0. The van der Waals surface area contributed by atoms with Gasteiger partial charge in [-0.2, -0.15) is 0 Å². The number of carbonyl (C=O) groups is 1. The van der Waals surface area contributed by atoms with Crippen LogP contribution in [0.4, 0.5) is 0 Å². The lowest BCUT2D eigenvalue weighted by atomic mass is 9.93. The van der Waals surface area contributed by atoms with E-state index in [1.807, 2.05) is 0 Å². The van der Waals surface area contributed by atoms with Gasteiger partial charge < -0.3 is 5.11 Å². The lowest BCUT2D eigenvalue weighted by Gasteiger charge is -2.30. The molecule has 5 nitrogen and oxygen atoms in total. The fraction of sp³-hybridized carbons (Fsp3) is 0.900. The fourth-order valence-corrected chi connectivity index (χ4v) is 2.89. The van der Waals surface area contributed by atoms with Crippen molar-refractivity contribution in [1.29, 1.82) is 0 Å². The van der Waals surface area contributed by atoms with Gasteiger partial charge in [-0.1, -0.05) is 0 Å². The first-order chi connectivity index (χ1) is 7.30. The number of aliphatic hydroxyl groups is 1. The van der Waals surface area contributed by atoms with Crippen molar-refractivity contribution in [3.63, 3.8) is 0 Å². The molecule has 0 radical (unpaired) electrons. The van der Waals surface area contributed by atoms with Gasteiger partial charge in [-0.05, 0) is 25.7 Å². The van der Waals surface area contributed by atoms with Crippen LogP contribution in [0, 0.1) is 5.92 Å². The van der Waals surface area contributed by atoms with Crippen molar-refractivity contribution in [1.82, 2.24) is 4.31 Å². The molecule has 1 N–H and O–H groups in total. The Morgan fingerprint density at radius 3 is 2.69 bits per heavy atom. The first kappa shape index (κ1) is 13.6. The number of rotatable bonds is 4. The Balaban J connectivity index is 2.55. The number of hydrogen-bond donors (Lipinski definition) is 1. The van der Waals surface area contributed by atoms with E-state index in [1.165, 1.54) is 17.5 Å². The maximum atomic E-state index is 11.3. The van der Waals surface area contributed by atoms with E-state index < -0.39 is 16.1 Å². The summed E-state index contributed by atoms with van der Waals surface area (Å²) in [5.41, 5.74) is 0. The van der Waals surface area contributed by atoms with Gasteiger partial charge in [0.05, 0.1) is 6.26 Å². The van der Waals surface area contributed by atoms with Gasteiger partial charge in [-0.15, -0.1) is 0 Å². The topological polar surface area (TPSA) is 74.7 Å². The maximum absolute atomic E-state index is 11.3. The highest BCUT2D eigenvalue weighted by Crippen LogP contribution is 2.22.